The third kappa shape index (κ3) is 3.31. The van der Waals surface area contributed by atoms with Gasteiger partial charge in [-0.2, -0.15) is 0 Å². The molecule has 2 N–H and O–H groups in total. The highest BCUT2D eigenvalue weighted by molar-refractivity contribution is 6.14. The number of methoxy groups -OCH3 is 1. The molecule has 0 radical (unpaired) electrons. The topological polar surface area (TPSA) is 76.7 Å². The number of imide groups is 1. The fourth-order valence-electron chi connectivity index (χ4n) is 1.82. The third-order valence-corrected chi connectivity index (χ3v) is 2.73. The molecule has 1 saturated heterocycles. The maximum atomic E-state index is 14.0. The van der Waals surface area contributed by atoms with Crippen LogP contribution in [0, 0.1) is 5.82 Å². The van der Waals surface area contributed by atoms with Crippen LogP contribution in [0.15, 0.2) is 17.8 Å². The van der Waals surface area contributed by atoms with E-state index in [1.54, 1.807) is 0 Å². The van der Waals surface area contributed by atoms with E-state index in [-0.39, 0.29) is 17.2 Å². The maximum absolute atomic E-state index is 14.0. The molecule has 112 valence electrons. The summed E-state index contributed by atoms with van der Waals surface area (Å²) in [5.41, 5.74) is 0.421. The largest absolute Gasteiger partial charge is 0.493 e. The molecule has 6 nitrogen and oxygen atoms in total. The number of carbonyl (C=O) groups excluding carboxylic acids is 2. The van der Waals surface area contributed by atoms with Gasteiger partial charge in [0, 0.05) is 0 Å². The number of hydrogen-bond donors (Lipinski definition) is 2. The van der Waals surface area contributed by atoms with Gasteiger partial charge in [0.1, 0.15) is 5.70 Å². The van der Waals surface area contributed by atoms with Gasteiger partial charge < -0.3 is 14.8 Å². The molecule has 0 bridgehead atoms. The second kappa shape index (κ2) is 6.25. The van der Waals surface area contributed by atoms with Gasteiger partial charge in [-0.1, -0.05) is 6.92 Å². The first-order valence-corrected chi connectivity index (χ1v) is 6.39. The number of halogens is 1. The van der Waals surface area contributed by atoms with E-state index in [1.807, 2.05) is 6.92 Å². The zero-order chi connectivity index (χ0) is 15.4. The van der Waals surface area contributed by atoms with Crippen LogP contribution in [-0.2, 0) is 4.79 Å². The van der Waals surface area contributed by atoms with Crippen molar-refractivity contribution in [2.75, 3.05) is 13.7 Å². The number of amides is 3. The van der Waals surface area contributed by atoms with E-state index in [0.717, 1.165) is 6.42 Å². The molecule has 1 fully saturated rings. The van der Waals surface area contributed by atoms with Crippen molar-refractivity contribution in [3.63, 3.8) is 0 Å². The van der Waals surface area contributed by atoms with Gasteiger partial charge in [-0.25, -0.2) is 9.18 Å². The Balaban J connectivity index is 2.34. The molecule has 0 spiro atoms. The van der Waals surface area contributed by atoms with Crippen LogP contribution in [0.5, 0.6) is 11.5 Å². The molecule has 1 aliphatic rings. The first-order chi connectivity index (χ1) is 10.0. The van der Waals surface area contributed by atoms with E-state index in [1.165, 1.54) is 25.3 Å². The molecule has 2 rings (SSSR count). The summed E-state index contributed by atoms with van der Waals surface area (Å²) < 4.78 is 24.4. The molecule has 0 saturated carbocycles. The minimum atomic E-state index is -0.610. The first-order valence-electron chi connectivity index (χ1n) is 6.39. The number of rotatable bonds is 5. The van der Waals surface area contributed by atoms with Gasteiger partial charge in [0.2, 0.25) is 0 Å². The third-order valence-electron chi connectivity index (χ3n) is 2.73. The second-order valence-corrected chi connectivity index (χ2v) is 4.35. The van der Waals surface area contributed by atoms with Crippen molar-refractivity contribution in [1.29, 1.82) is 0 Å². The highest BCUT2D eigenvalue weighted by atomic mass is 19.1. The average molecular weight is 294 g/mol. The molecule has 0 unspecified atom stereocenters. The summed E-state index contributed by atoms with van der Waals surface area (Å²) >= 11 is 0. The molecule has 1 heterocycles. The predicted octanol–water partition coefficient (Wildman–Crippen LogP) is 1.80. The monoisotopic (exact) mass is 294 g/mol. The summed E-state index contributed by atoms with van der Waals surface area (Å²) in [6, 6.07) is 2.12. The van der Waals surface area contributed by atoms with Crippen molar-refractivity contribution in [1.82, 2.24) is 10.6 Å². The van der Waals surface area contributed by atoms with Crippen LogP contribution in [0.1, 0.15) is 18.9 Å². The fourth-order valence-corrected chi connectivity index (χ4v) is 1.82. The van der Waals surface area contributed by atoms with Crippen molar-refractivity contribution in [2.24, 2.45) is 0 Å². The second-order valence-electron chi connectivity index (χ2n) is 4.35. The molecule has 1 aliphatic heterocycles. The van der Waals surface area contributed by atoms with Gasteiger partial charge in [0.15, 0.2) is 17.3 Å². The Morgan fingerprint density at radius 3 is 2.62 bits per heavy atom. The molecule has 21 heavy (non-hydrogen) atoms. The number of hydrogen-bond acceptors (Lipinski definition) is 4. The molecule has 3 amide bonds. The van der Waals surface area contributed by atoms with Crippen molar-refractivity contribution >= 4 is 18.0 Å². The van der Waals surface area contributed by atoms with Crippen LogP contribution in [0.3, 0.4) is 0 Å². The molecule has 1 aromatic rings. The molecule has 7 heteroatoms. The fraction of sp³-hybridized carbons (Fsp3) is 0.286. The van der Waals surface area contributed by atoms with Crippen molar-refractivity contribution in [2.45, 2.75) is 13.3 Å². The Morgan fingerprint density at radius 1 is 1.29 bits per heavy atom. The number of nitrogens with one attached hydrogen (secondary N) is 2. The zero-order valence-corrected chi connectivity index (χ0v) is 11.7. The Hall–Kier alpha value is -2.57. The molecule has 1 aromatic carbocycles. The van der Waals surface area contributed by atoms with Crippen molar-refractivity contribution in [3.05, 3.63) is 29.2 Å². The van der Waals surface area contributed by atoms with Crippen LogP contribution in [0.25, 0.3) is 6.08 Å². The number of benzene rings is 1. The predicted molar refractivity (Wildman–Crippen MR) is 73.4 cm³/mol. The minimum Gasteiger partial charge on any atom is -0.493 e. The van der Waals surface area contributed by atoms with Crippen LogP contribution in [0.2, 0.25) is 0 Å². The quantitative estimate of drug-likeness (QED) is 0.641. The van der Waals surface area contributed by atoms with Gasteiger partial charge in [-0.3, -0.25) is 10.1 Å². The van der Waals surface area contributed by atoms with E-state index in [9.17, 15) is 14.0 Å². The van der Waals surface area contributed by atoms with Gasteiger partial charge in [-0.15, -0.1) is 0 Å². The lowest BCUT2D eigenvalue weighted by molar-refractivity contribution is -0.115. The number of urea groups is 1. The number of carbonyl (C=O) groups is 2. The van der Waals surface area contributed by atoms with E-state index in [0.29, 0.717) is 12.2 Å². The highest BCUT2D eigenvalue weighted by Gasteiger charge is 2.23. The van der Waals surface area contributed by atoms with E-state index in [2.05, 4.69) is 10.6 Å². The minimum absolute atomic E-state index is 0.0291. The maximum Gasteiger partial charge on any atom is 0.326 e. The van der Waals surface area contributed by atoms with Crippen LogP contribution < -0.4 is 20.1 Å². The van der Waals surface area contributed by atoms with Crippen molar-refractivity contribution < 1.29 is 23.5 Å². The summed E-state index contributed by atoms with van der Waals surface area (Å²) in [5, 5.41) is 4.39. The Bertz CT molecular complexity index is 613. The molecular formula is C14H15FN2O4. The smallest absolute Gasteiger partial charge is 0.326 e. The molecule has 0 atom stereocenters. The molecular weight excluding hydrogens is 279 g/mol. The van der Waals surface area contributed by atoms with Crippen LogP contribution in [0.4, 0.5) is 9.18 Å². The van der Waals surface area contributed by atoms with Gasteiger partial charge >= 0.3 is 6.03 Å². The Kier molecular flexibility index (Phi) is 4.42. The summed E-state index contributed by atoms with van der Waals surface area (Å²) in [6.07, 6.45) is 2.09. The SMILES string of the molecule is CCCOc1c(F)cc(/C=C2\NC(=O)NC2=O)cc1OC. The normalized spacial score (nSPS) is 15.9. The Morgan fingerprint density at radius 2 is 2.05 bits per heavy atom. The standard InChI is InChI=1S/C14H15FN2O4/c1-3-4-21-12-9(15)5-8(7-11(12)20-2)6-10-13(18)17-14(19)16-10/h5-7H,3-4H2,1-2H3,(H2,16,17,18,19)/b10-6-. The summed E-state index contributed by atoms with van der Waals surface area (Å²) in [5.74, 6) is -0.911. The van der Waals surface area contributed by atoms with E-state index < -0.39 is 17.8 Å². The number of ether oxygens (including phenoxy) is 2. The summed E-state index contributed by atoms with van der Waals surface area (Å²) in [4.78, 5) is 22.4. The van der Waals surface area contributed by atoms with Gasteiger partial charge in [0.05, 0.1) is 13.7 Å². The summed E-state index contributed by atoms with van der Waals surface area (Å²) in [7, 11) is 1.40. The van der Waals surface area contributed by atoms with Gasteiger partial charge in [-0.05, 0) is 30.2 Å². The van der Waals surface area contributed by atoms with E-state index >= 15 is 0 Å². The van der Waals surface area contributed by atoms with Gasteiger partial charge in [0.25, 0.3) is 5.91 Å². The molecule has 0 aromatic heterocycles. The first kappa shape index (κ1) is 14.8. The lowest BCUT2D eigenvalue weighted by Crippen LogP contribution is -2.22. The Labute approximate surface area is 120 Å². The highest BCUT2D eigenvalue weighted by Crippen LogP contribution is 2.32. The lowest BCUT2D eigenvalue weighted by Gasteiger charge is -2.12. The summed E-state index contributed by atoms with van der Waals surface area (Å²) in [6.45, 7) is 2.27. The average Bonchev–Trinajstić information content (AvgIpc) is 2.75. The van der Waals surface area contributed by atoms with Crippen LogP contribution >= 0.6 is 0 Å². The lowest BCUT2D eigenvalue weighted by atomic mass is 10.1. The zero-order valence-electron chi connectivity index (χ0n) is 11.7. The van der Waals surface area contributed by atoms with Crippen molar-refractivity contribution in [3.8, 4) is 11.5 Å². The molecule has 0 aliphatic carbocycles. The van der Waals surface area contributed by atoms with E-state index in [4.69, 9.17) is 9.47 Å². The van der Waals surface area contributed by atoms with Crippen LogP contribution in [-0.4, -0.2) is 25.7 Å².